The number of anilines is 1. The lowest BCUT2D eigenvalue weighted by molar-refractivity contribution is -0.115. The molecular weight excluding hydrogens is 264 g/mol. The van der Waals surface area contributed by atoms with E-state index in [1.807, 2.05) is 0 Å². The highest BCUT2D eigenvalue weighted by Crippen LogP contribution is 2.36. The Kier molecular flexibility index (Phi) is 5.35. The van der Waals surface area contributed by atoms with Crippen LogP contribution in [0.2, 0.25) is 0 Å². The van der Waals surface area contributed by atoms with Gasteiger partial charge in [0, 0.05) is 0 Å². The molecule has 0 spiro atoms. The third-order valence-electron chi connectivity index (χ3n) is 2.41. The number of nitriles is 1. The van der Waals surface area contributed by atoms with Crippen molar-refractivity contribution in [2.24, 2.45) is 0 Å². The summed E-state index contributed by atoms with van der Waals surface area (Å²) in [4.78, 5) is 23.0. The van der Waals surface area contributed by atoms with Crippen molar-refractivity contribution in [3.63, 3.8) is 0 Å². The maximum atomic E-state index is 11.6. The van der Waals surface area contributed by atoms with Crippen LogP contribution in [0.25, 0.3) is 0 Å². The van der Waals surface area contributed by atoms with E-state index in [2.05, 4.69) is 10.1 Å². The van der Waals surface area contributed by atoms with Gasteiger partial charge in [-0.2, -0.15) is 5.26 Å². The molecule has 20 heavy (non-hydrogen) atoms. The summed E-state index contributed by atoms with van der Waals surface area (Å²) in [5.41, 5.74) is 0.421. The quantitative estimate of drug-likeness (QED) is 0.816. The molecule has 0 aromatic heterocycles. The summed E-state index contributed by atoms with van der Waals surface area (Å²) in [5.74, 6) is -0.578. The van der Waals surface area contributed by atoms with Crippen LogP contribution in [0.1, 0.15) is 16.8 Å². The van der Waals surface area contributed by atoms with E-state index in [-0.39, 0.29) is 29.2 Å². The second-order valence-corrected chi connectivity index (χ2v) is 3.63. The highest BCUT2D eigenvalue weighted by atomic mass is 16.5. The molecule has 1 amide bonds. The number of amides is 1. The minimum Gasteiger partial charge on any atom is -0.493 e. The van der Waals surface area contributed by atoms with Crippen LogP contribution < -0.4 is 14.8 Å². The van der Waals surface area contributed by atoms with Crippen molar-refractivity contribution in [3.8, 4) is 17.6 Å². The van der Waals surface area contributed by atoms with Crippen molar-refractivity contribution in [1.82, 2.24) is 0 Å². The molecule has 0 aliphatic heterocycles. The third kappa shape index (κ3) is 3.38. The number of ether oxygens (including phenoxy) is 3. The first kappa shape index (κ1) is 15.3. The van der Waals surface area contributed by atoms with Crippen LogP contribution in [0.4, 0.5) is 5.69 Å². The fraction of sp³-hybridized carbons (Fsp3) is 0.308. The number of carbonyl (C=O) groups excluding carboxylic acids is 2. The van der Waals surface area contributed by atoms with Crippen molar-refractivity contribution in [2.45, 2.75) is 6.42 Å². The smallest absolute Gasteiger partial charge is 0.338 e. The van der Waals surface area contributed by atoms with E-state index in [4.69, 9.17) is 14.7 Å². The fourth-order valence-corrected chi connectivity index (χ4v) is 1.56. The molecule has 0 saturated carbocycles. The molecule has 1 N–H and O–H groups in total. The predicted molar refractivity (Wildman–Crippen MR) is 69.7 cm³/mol. The second-order valence-electron chi connectivity index (χ2n) is 3.63. The summed E-state index contributed by atoms with van der Waals surface area (Å²) in [5, 5.41) is 11.0. The molecule has 0 heterocycles. The summed E-state index contributed by atoms with van der Waals surface area (Å²) in [6.07, 6.45) is -0.312. The highest BCUT2D eigenvalue weighted by Gasteiger charge is 2.18. The monoisotopic (exact) mass is 278 g/mol. The van der Waals surface area contributed by atoms with Gasteiger partial charge < -0.3 is 19.5 Å². The Balaban J connectivity index is 3.27. The summed E-state index contributed by atoms with van der Waals surface area (Å²) in [7, 11) is 4.04. The van der Waals surface area contributed by atoms with Crippen molar-refractivity contribution < 1.29 is 23.8 Å². The fourth-order valence-electron chi connectivity index (χ4n) is 1.56. The van der Waals surface area contributed by atoms with Crippen LogP contribution in [-0.4, -0.2) is 33.2 Å². The van der Waals surface area contributed by atoms with Crippen molar-refractivity contribution in [3.05, 3.63) is 17.7 Å². The number of benzene rings is 1. The number of hydrogen-bond donors (Lipinski definition) is 1. The van der Waals surface area contributed by atoms with Gasteiger partial charge in [0.25, 0.3) is 0 Å². The van der Waals surface area contributed by atoms with Gasteiger partial charge in [-0.1, -0.05) is 0 Å². The minimum absolute atomic E-state index is 0.192. The molecule has 0 saturated heterocycles. The van der Waals surface area contributed by atoms with Gasteiger partial charge >= 0.3 is 5.97 Å². The number of methoxy groups -OCH3 is 3. The average Bonchev–Trinajstić information content (AvgIpc) is 2.45. The van der Waals surface area contributed by atoms with Gasteiger partial charge in [-0.15, -0.1) is 0 Å². The highest BCUT2D eigenvalue weighted by molar-refractivity contribution is 5.97. The first-order valence-electron chi connectivity index (χ1n) is 5.58. The largest absolute Gasteiger partial charge is 0.493 e. The van der Waals surface area contributed by atoms with Crippen LogP contribution >= 0.6 is 0 Å². The minimum atomic E-state index is -0.582. The molecule has 0 bridgehead atoms. The van der Waals surface area contributed by atoms with E-state index in [0.29, 0.717) is 0 Å². The SMILES string of the molecule is COC(=O)c1cc(NC(=O)CC#N)c(OC)c(OC)c1. The van der Waals surface area contributed by atoms with Gasteiger partial charge in [0.05, 0.1) is 38.6 Å². The molecule has 1 aromatic carbocycles. The van der Waals surface area contributed by atoms with E-state index in [0.717, 1.165) is 0 Å². The lowest BCUT2D eigenvalue weighted by atomic mass is 10.1. The molecule has 0 radical (unpaired) electrons. The molecule has 7 nitrogen and oxygen atoms in total. The molecule has 7 heteroatoms. The molecule has 0 aliphatic rings. The van der Waals surface area contributed by atoms with Gasteiger partial charge in [-0.3, -0.25) is 4.79 Å². The van der Waals surface area contributed by atoms with Gasteiger partial charge in [-0.25, -0.2) is 4.79 Å². The first-order chi connectivity index (χ1) is 9.57. The standard InChI is InChI=1S/C13H14N2O5/c1-18-10-7-8(13(17)20-3)6-9(12(10)19-2)15-11(16)4-5-14/h6-7H,4H2,1-3H3,(H,15,16). The van der Waals surface area contributed by atoms with E-state index in [1.54, 1.807) is 6.07 Å². The molecule has 0 aliphatic carbocycles. The van der Waals surface area contributed by atoms with Crippen molar-refractivity contribution in [1.29, 1.82) is 5.26 Å². The number of carbonyl (C=O) groups is 2. The number of nitrogens with zero attached hydrogens (tertiary/aromatic N) is 1. The molecule has 0 unspecified atom stereocenters. The molecule has 1 aromatic rings. The van der Waals surface area contributed by atoms with E-state index in [1.165, 1.54) is 33.5 Å². The third-order valence-corrected chi connectivity index (χ3v) is 2.41. The van der Waals surface area contributed by atoms with E-state index in [9.17, 15) is 9.59 Å². The van der Waals surface area contributed by atoms with Crippen molar-refractivity contribution >= 4 is 17.6 Å². The van der Waals surface area contributed by atoms with E-state index < -0.39 is 11.9 Å². The maximum absolute atomic E-state index is 11.6. The number of nitrogens with one attached hydrogen (secondary N) is 1. The zero-order chi connectivity index (χ0) is 15.1. The van der Waals surface area contributed by atoms with Crippen LogP contribution in [-0.2, 0) is 9.53 Å². The maximum Gasteiger partial charge on any atom is 0.338 e. The lowest BCUT2D eigenvalue weighted by Crippen LogP contribution is -2.13. The molecule has 106 valence electrons. The lowest BCUT2D eigenvalue weighted by Gasteiger charge is -2.14. The van der Waals surface area contributed by atoms with Gasteiger partial charge in [-0.05, 0) is 12.1 Å². The summed E-state index contributed by atoms with van der Waals surface area (Å²) in [6.45, 7) is 0. The summed E-state index contributed by atoms with van der Waals surface area (Å²) < 4.78 is 14.9. The Morgan fingerprint density at radius 2 is 1.95 bits per heavy atom. The van der Waals surface area contributed by atoms with Crippen molar-refractivity contribution in [2.75, 3.05) is 26.6 Å². The Bertz CT molecular complexity index is 563. The van der Waals surface area contributed by atoms with E-state index >= 15 is 0 Å². The number of rotatable bonds is 5. The average molecular weight is 278 g/mol. The predicted octanol–water partition coefficient (Wildman–Crippen LogP) is 1.34. The molecule has 1 rings (SSSR count). The van der Waals surface area contributed by atoms with Crippen LogP contribution in [0, 0.1) is 11.3 Å². The normalized spacial score (nSPS) is 9.30. The molecule has 0 atom stereocenters. The Labute approximate surface area is 116 Å². The number of esters is 1. The van der Waals surface area contributed by atoms with Crippen LogP contribution in [0.15, 0.2) is 12.1 Å². The van der Waals surface area contributed by atoms with Gasteiger partial charge in [0.15, 0.2) is 11.5 Å². The van der Waals surface area contributed by atoms with Crippen LogP contribution in [0.3, 0.4) is 0 Å². The van der Waals surface area contributed by atoms with Gasteiger partial charge in [0.1, 0.15) is 6.42 Å². The summed E-state index contributed by atoms with van der Waals surface area (Å²) >= 11 is 0. The zero-order valence-electron chi connectivity index (χ0n) is 11.4. The van der Waals surface area contributed by atoms with Gasteiger partial charge in [0.2, 0.25) is 5.91 Å². The molecule has 0 fully saturated rings. The summed E-state index contributed by atoms with van der Waals surface area (Å²) in [6, 6.07) is 4.55. The first-order valence-corrected chi connectivity index (χ1v) is 5.58. The second kappa shape index (κ2) is 6.99. The Hall–Kier alpha value is -2.75. The van der Waals surface area contributed by atoms with Crippen LogP contribution in [0.5, 0.6) is 11.5 Å². The Morgan fingerprint density at radius 3 is 2.45 bits per heavy atom. The Morgan fingerprint density at radius 1 is 1.25 bits per heavy atom. The molecular formula is C13H14N2O5. The topological polar surface area (TPSA) is 97.7 Å². The number of hydrogen-bond acceptors (Lipinski definition) is 6. The zero-order valence-corrected chi connectivity index (χ0v) is 11.4.